The zero-order valence-electron chi connectivity index (χ0n) is 3.05. The van der Waals surface area contributed by atoms with Crippen LogP contribution in [0.25, 0.3) is 0 Å². The summed E-state index contributed by atoms with van der Waals surface area (Å²) in [4.78, 5) is 18.0. The third-order valence-corrected chi connectivity index (χ3v) is 0.175. The molecule has 0 atom stereocenters. The molecule has 1 radical (unpaired) electrons. The maximum absolute atomic E-state index is 9.04. The summed E-state index contributed by atoms with van der Waals surface area (Å²) >= 11 is 0. The molecule has 7 heavy (non-hydrogen) atoms. The van der Waals surface area contributed by atoms with E-state index in [9.17, 15) is 0 Å². The van der Waals surface area contributed by atoms with Crippen LogP contribution >= 0.6 is 0 Å². The molecule has 0 aromatic carbocycles. The van der Waals surface area contributed by atoms with E-state index in [1.807, 2.05) is 0 Å². The van der Waals surface area contributed by atoms with Gasteiger partial charge in [-0.25, -0.2) is 4.79 Å². The number of hydrogen-bond acceptors (Lipinski definition) is 3. The fourth-order valence-electron chi connectivity index (χ4n) is 0. The van der Waals surface area contributed by atoms with Gasteiger partial charge in [0.2, 0.25) is 0 Å². The van der Waals surface area contributed by atoms with Gasteiger partial charge in [0, 0.05) is 17.1 Å². The molecular formula is C2HMnO4-. The minimum absolute atomic E-state index is 0. The third-order valence-electron chi connectivity index (χ3n) is 0.175. The van der Waals surface area contributed by atoms with Crippen molar-refractivity contribution in [1.29, 1.82) is 0 Å². The number of carbonyl (C=O) groups is 2. The van der Waals surface area contributed by atoms with E-state index in [-0.39, 0.29) is 17.1 Å². The summed E-state index contributed by atoms with van der Waals surface area (Å²) in [6.07, 6.45) is 0. The normalized spacial score (nSPS) is 6.29. The van der Waals surface area contributed by atoms with Crippen molar-refractivity contribution >= 4 is 11.9 Å². The van der Waals surface area contributed by atoms with E-state index in [1.165, 1.54) is 0 Å². The average molecular weight is 144 g/mol. The number of carboxylic acid groups (broad SMARTS) is 2. The zero-order chi connectivity index (χ0) is 5.15. The van der Waals surface area contributed by atoms with Crippen LogP contribution in [0.2, 0.25) is 0 Å². The number of aliphatic carboxylic acids is 2. The van der Waals surface area contributed by atoms with Gasteiger partial charge >= 0.3 is 5.97 Å². The average Bonchev–Trinajstić information content (AvgIpc) is 1.36. The molecular weight excluding hydrogens is 143 g/mol. The van der Waals surface area contributed by atoms with Crippen LogP contribution in [-0.4, -0.2) is 17.0 Å². The second-order valence-electron chi connectivity index (χ2n) is 0.593. The van der Waals surface area contributed by atoms with Crippen molar-refractivity contribution in [3.8, 4) is 0 Å². The molecule has 1 N–H and O–H groups in total. The summed E-state index contributed by atoms with van der Waals surface area (Å²) in [5.41, 5.74) is 0. The van der Waals surface area contributed by atoms with Gasteiger partial charge in [-0.3, -0.25) is 0 Å². The summed E-state index contributed by atoms with van der Waals surface area (Å²) in [7, 11) is 0. The molecule has 0 spiro atoms. The van der Waals surface area contributed by atoms with Gasteiger partial charge in [0.25, 0.3) is 0 Å². The molecule has 0 rings (SSSR count). The van der Waals surface area contributed by atoms with E-state index in [2.05, 4.69) is 0 Å². The van der Waals surface area contributed by atoms with Crippen molar-refractivity contribution in [3.63, 3.8) is 0 Å². The minimum atomic E-state index is -2.07. The molecule has 0 aliphatic carbocycles. The van der Waals surface area contributed by atoms with Gasteiger partial charge in [0.1, 0.15) is 0 Å². The maximum Gasteiger partial charge on any atom is 0.351 e. The third kappa shape index (κ3) is 5.46. The summed E-state index contributed by atoms with van der Waals surface area (Å²) in [6.45, 7) is 0. The van der Waals surface area contributed by atoms with Gasteiger partial charge in [-0.2, -0.15) is 0 Å². The van der Waals surface area contributed by atoms with Gasteiger partial charge in [-0.1, -0.05) is 0 Å². The number of carboxylic acids is 2. The Bertz CT molecular complexity index is 75.7. The molecule has 0 saturated heterocycles. The second-order valence-corrected chi connectivity index (χ2v) is 0.593. The van der Waals surface area contributed by atoms with E-state index in [0.29, 0.717) is 0 Å². The quantitative estimate of drug-likeness (QED) is 0.309. The van der Waals surface area contributed by atoms with Gasteiger partial charge in [-0.15, -0.1) is 0 Å². The summed E-state index contributed by atoms with van der Waals surface area (Å²) in [5, 5.41) is 16.3. The van der Waals surface area contributed by atoms with Crippen LogP contribution in [0.3, 0.4) is 0 Å². The van der Waals surface area contributed by atoms with E-state index < -0.39 is 11.9 Å². The first-order valence-electron chi connectivity index (χ1n) is 1.09. The molecule has 0 aromatic rings. The van der Waals surface area contributed by atoms with Crippen LogP contribution < -0.4 is 5.11 Å². The van der Waals surface area contributed by atoms with Crippen molar-refractivity contribution in [2.75, 3.05) is 0 Å². The van der Waals surface area contributed by atoms with Crippen LogP contribution in [0, 0.1) is 0 Å². The van der Waals surface area contributed by atoms with Crippen molar-refractivity contribution in [3.05, 3.63) is 0 Å². The number of rotatable bonds is 0. The van der Waals surface area contributed by atoms with Gasteiger partial charge in [0.05, 0.1) is 0 Å². The first-order chi connectivity index (χ1) is 2.64. The van der Waals surface area contributed by atoms with Crippen molar-refractivity contribution in [2.24, 2.45) is 0 Å². The Balaban J connectivity index is 0. The molecule has 0 heterocycles. The predicted molar refractivity (Wildman–Crippen MR) is 12.6 cm³/mol. The van der Waals surface area contributed by atoms with Crippen LogP contribution in [0.15, 0.2) is 0 Å². The van der Waals surface area contributed by atoms with Crippen LogP contribution in [0.1, 0.15) is 0 Å². The molecule has 0 unspecified atom stereocenters. The fourth-order valence-corrected chi connectivity index (χ4v) is 0. The molecule has 0 fully saturated rings. The van der Waals surface area contributed by atoms with E-state index in [0.717, 1.165) is 0 Å². The Hall–Kier alpha value is -0.541. The SMILES string of the molecule is O=C([O-])C(=O)O.[Mn]. The van der Waals surface area contributed by atoms with Crippen molar-refractivity contribution < 1.29 is 36.9 Å². The summed E-state index contributed by atoms with van der Waals surface area (Å²) in [5.74, 6) is -4.01. The van der Waals surface area contributed by atoms with Crippen LogP contribution in [0.4, 0.5) is 0 Å². The van der Waals surface area contributed by atoms with Gasteiger partial charge in [0.15, 0.2) is 5.97 Å². The number of hydrogen-bond donors (Lipinski definition) is 1. The Morgan fingerprint density at radius 2 is 1.57 bits per heavy atom. The van der Waals surface area contributed by atoms with E-state index >= 15 is 0 Å². The molecule has 0 saturated carbocycles. The minimum Gasteiger partial charge on any atom is -0.539 e. The molecule has 0 aliphatic heterocycles. The summed E-state index contributed by atoms with van der Waals surface area (Å²) < 4.78 is 0. The Kier molecular flexibility index (Phi) is 5.04. The number of carbonyl (C=O) groups excluding carboxylic acids is 1. The Morgan fingerprint density at radius 3 is 1.57 bits per heavy atom. The molecule has 5 heteroatoms. The standard InChI is InChI=1S/C2H2O4.Mn/c3-1(4)2(5)6;/h(H,3,4)(H,5,6);/p-1. The molecule has 4 nitrogen and oxygen atoms in total. The summed E-state index contributed by atoms with van der Waals surface area (Å²) in [6, 6.07) is 0. The van der Waals surface area contributed by atoms with Crippen LogP contribution in [-0.2, 0) is 26.7 Å². The molecule has 0 amide bonds. The Labute approximate surface area is 49.6 Å². The maximum atomic E-state index is 9.04. The molecule has 0 aliphatic rings. The zero-order valence-corrected chi connectivity index (χ0v) is 4.23. The smallest absolute Gasteiger partial charge is 0.351 e. The van der Waals surface area contributed by atoms with Crippen LogP contribution in [0.5, 0.6) is 0 Å². The molecule has 0 aromatic heterocycles. The largest absolute Gasteiger partial charge is 0.539 e. The predicted octanol–water partition coefficient (Wildman–Crippen LogP) is -2.18. The van der Waals surface area contributed by atoms with Crippen molar-refractivity contribution in [1.82, 2.24) is 0 Å². The second kappa shape index (κ2) is 3.64. The van der Waals surface area contributed by atoms with Gasteiger partial charge in [-0.05, 0) is 0 Å². The molecule has 0 bridgehead atoms. The van der Waals surface area contributed by atoms with E-state index in [4.69, 9.17) is 19.8 Å². The van der Waals surface area contributed by atoms with Crippen molar-refractivity contribution in [2.45, 2.75) is 0 Å². The van der Waals surface area contributed by atoms with Gasteiger partial charge < -0.3 is 15.0 Å². The fraction of sp³-hybridized carbons (Fsp3) is 0. The topological polar surface area (TPSA) is 77.4 Å². The van der Waals surface area contributed by atoms with E-state index in [1.54, 1.807) is 0 Å². The first kappa shape index (κ1) is 9.68. The molecule has 41 valence electrons. The first-order valence-corrected chi connectivity index (χ1v) is 1.09. The monoisotopic (exact) mass is 144 g/mol. The Morgan fingerprint density at radius 1 is 1.43 bits per heavy atom.